The number of benzene rings is 2. The fraction of sp³-hybridized carbons (Fsp3) is 0.727. The van der Waals surface area contributed by atoms with Crippen molar-refractivity contribution < 1.29 is 18.9 Å². The summed E-state index contributed by atoms with van der Waals surface area (Å²) in [5, 5.41) is 0. The second-order valence-electron chi connectivity index (χ2n) is 13.7. The van der Waals surface area contributed by atoms with Crippen molar-refractivity contribution in [2.24, 2.45) is 0 Å². The van der Waals surface area contributed by atoms with Crippen LogP contribution in [0.5, 0.6) is 23.0 Å². The first-order valence-corrected chi connectivity index (χ1v) is 20.5. The zero-order valence-electron chi connectivity index (χ0n) is 31.9. The maximum absolute atomic E-state index is 6.74. The molecule has 0 unspecified atom stereocenters. The van der Waals surface area contributed by atoms with E-state index in [0.29, 0.717) is 26.4 Å². The van der Waals surface area contributed by atoms with Crippen molar-refractivity contribution >= 4 is 0 Å². The third kappa shape index (κ3) is 18.4. The minimum atomic E-state index is 0.655. The topological polar surface area (TPSA) is 36.9 Å². The van der Waals surface area contributed by atoms with Crippen LogP contribution in [0.15, 0.2) is 36.4 Å². The molecule has 0 aromatic heterocycles. The molecule has 0 heterocycles. The van der Waals surface area contributed by atoms with E-state index < -0.39 is 0 Å². The summed E-state index contributed by atoms with van der Waals surface area (Å²) in [6.07, 6.45) is 29.5. The lowest BCUT2D eigenvalue weighted by atomic mass is 10.0. The Labute approximate surface area is 297 Å². The van der Waals surface area contributed by atoms with Crippen LogP contribution >= 0.6 is 0 Å². The maximum Gasteiger partial charge on any atom is 0.208 e. The fourth-order valence-electron chi connectivity index (χ4n) is 6.18. The molecule has 0 spiro atoms. The molecular weight excluding hydrogens is 592 g/mol. The van der Waals surface area contributed by atoms with Crippen LogP contribution in [0.3, 0.4) is 0 Å². The van der Waals surface area contributed by atoms with E-state index >= 15 is 0 Å². The van der Waals surface area contributed by atoms with Crippen molar-refractivity contribution in [3.05, 3.63) is 36.4 Å². The van der Waals surface area contributed by atoms with Crippen LogP contribution in [0.25, 0.3) is 11.1 Å². The molecule has 0 saturated carbocycles. The summed E-state index contributed by atoms with van der Waals surface area (Å²) >= 11 is 0. The first-order valence-electron chi connectivity index (χ1n) is 20.5. The minimum absolute atomic E-state index is 0.655. The number of unbranched alkanes of at least 4 members (excludes halogenated alkanes) is 20. The monoisotopic (exact) mass is 667 g/mol. The summed E-state index contributed by atoms with van der Waals surface area (Å²) in [6.45, 7) is 11.8. The van der Waals surface area contributed by atoms with Gasteiger partial charge >= 0.3 is 0 Å². The SMILES string of the molecule is CCCCCCCCOc1cc(-c2ccccc2)c(OCCCCCCCC)c(OCCCCCCCC)c1OCCCCCCCC. The summed E-state index contributed by atoms with van der Waals surface area (Å²) in [4.78, 5) is 0. The Hall–Kier alpha value is -2.36. The van der Waals surface area contributed by atoms with Gasteiger partial charge in [0, 0.05) is 5.56 Å². The van der Waals surface area contributed by atoms with Gasteiger partial charge in [0.25, 0.3) is 0 Å². The molecule has 4 heteroatoms. The highest BCUT2D eigenvalue weighted by Gasteiger charge is 2.25. The maximum atomic E-state index is 6.74. The zero-order valence-corrected chi connectivity index (χ0v) is 31.9. The highest BCUT2D eigenvalue weighted by Crippen LogP contribution is 2.51. The van der Waals surface area contributed by atoms with Gasteiger partial charge in [0.1, 0.15) is 0 Å². The van der Waals surface area contributed by atoms with Gasteiger partial charge in [-0.15, -0.1) is 0 Å². The third-order valence-electron chi connectivity index (χ3n) is 9.23. The Kier molecular flexibility index (Phi) is 25.7. The lowest BCUT2D eigenvalue weighted by Crippen LogP contribution is -2.09. The molecule has 0 amide bonds. The predicted octanol–water partition coefficient (Wildman–Crippen LogP) is 14.3. The zero-order chi connectivity index (χ0) is 34.3. The third-order valence-corrected chi connectivity index (χ3v) is 9.23. The van der Waals surface area contributed by atoms with E-state index in [9.17, 15) is 0 Å². The number of rotatable bonds is 33. The Balaban J connectivity index is 2.37. The summed E-state index contributed by atoms with van der Waals surface area (Å²) in [5.74, 6) is 3.07. The molecule has 0 aliphatic carbocycles. The van der Waals surface area contributed by atoms with E-state index in [1.54, 1.807) is 0 Å². The van der Waals surface area contributed by atoms with Gasteiger partial charge in [-0.1, -0.05) is 186 Å². The quantitative estimate of drug-likeness (QED) is 0.0710. The molecule has 0 saturated heterocycles. The first kappa shape index (κ1) is 41.8. The molecule has 0 aliphatic rings. The second kappa shape index (κ2) is 29.5. The smallest absolute Gasteiger partial charge is 0.208 e. The molecule has 0 fully saturated rings. The van der Waals surface area contributed by atoms with Crippen LogP contribution in [-0.2, 0) is 0 Å². The lowest BCUT2D eigenvalue weighted by molar-refractivity contribution is 0.220. The molecule has 2 aromatic rings. The Morgan fingerprint density at radius 2 is 0.708 bits per heavy atom. The van der Waals surface area contributed by atoms with E-state index in [1.807, 2.05) is 0 Å². The normalized spacial score (nSPS) is 11.2. The number of hydrogen-bond acceptors (Lipinski definition) is 4. The Bertz CT molecular complexity index is 1000. The van der Waals surface area contributed by atoms with Crippen LogP contribution in [0.2, 0.25) is 0 Å². The van der Waals surface area contributed by atoms with Gasteiger partial charge < -0.3 is 18.9 Å². The molecule has 274 valence electrons. The molecule has 4 nitrogen and oxygen atoms in total. The van der Waals surface area contributed by atoms with Crippen molar-refractivity contribution in [3.8, 4) is 34.1 Å². The molecule has 0 atom stereocenters. The van der Waals surface area contributed by atoms with Gasteiger partial charge in [0.2, 0.25) is 11.5 Å². The summed E-state index contributed by atoms with van der Waals surface area (Å²) in [7, 11) is 0. The lowest BCUT2D eigenvalue weighted by Gasteiger charge is -2.23. The summed E-state index contributed by atoms with van der Waals surface area (Å²) in [6, 6.07) is 12.8. The van der Waals surface area contributed by atoms with Gasteiger partial charge in [-0.3, -0.25) is 0 Å². The molecular formula is C44H74O4. The average molecular weight is 667 g/mol. The van der Waals surface area contributed by atoms with E-state index in [1.165, 1.54) is 128 Å². The average Bonchev–Trinajstić information content (AvgIpc) is 3.11. The van der Waals surface area contributed by atoms with Gasteiger partial charge in [0.15, 0.2) is 11.5 Å². The van der Waals surface area contributed by atoms with E-state index in [4.69, 9.17) is 18.9 Å². The van der Waals surface area contributed by atoms with Crippen molar-refractivity contribution in [3.63, 3.8) is 0 Å². The van der Waals surface area contributed by atoms with Crippen LogP contribution in [0, 0.1) is 0 Å². The fourth-order valence-corrected chi connectivity index (χ4v) is 6.18. The highest BCUT2D eigenvalue weighted by atomic mass is 16.6. The van der Waals surface area contributed by atoms with Crippen LogP contribution < -0.4 is 18.9 Å². The van der Waals surface area contributed by atoms with Gasteiger partial charge in [-0.05, 0) is 37.3 Å². The van der Waals surface area contributed by atoms with Gasteiger partial charge in [-0.2, -0.15) is 0 Å². The molecule has 0 radical (unpaired) electrons. The van der Waals surface area contributed by atoms with Crippen molar-refractivity contribution in [1.29, 1.82) is 0 Å². The van der Waals surface area contributed by atoms with Crippen LogP contribution in [0.4, 0.5) is 0 Å². The summed E-state index contributed by atoms with van der Waals surface area (Å²) in [5.41, 5.74) is 2.15. The molecule has 0 aliphatic heterocycles. The molecule has 2 aromatic carbocycles. The van der Waals surface area contributed by atoms with E-state index in [-0.39, 0.29) is 0 Å². The van der Waals surface area contributed by atoms with Crippen LogP contribution in [-0.4, -0.2) is 26.4 Å². The van der Waals surface area contributed by atoms with Crippen molar-refractivity contribution in [1.82, 2.24) is 0 Å². The van der Waals surface area contributed by atoms with E-state index in [0.717, 1.165) is 59.8 Å². The van der Waals surface area contributed by atoms with Gasteiger partial charge in [0.05, 0.1) is 26.4 Å². The minimum Gasteiger partial charge on any atom is -0.490 e. The predicted molar refractivity (Wildman–Crippen MR) is 207 cm³/mol. The second-order valence-corrected chi connectivity index (χ2v) is 13.7. The highest BCUT2D eigenvalue weighted by molar-refractivity contribution is 5.79. The first-order chi connectivity index (χ1) is 23.8. The van der Waals surface area contributed by atoms with Crippen molar-refractivity contribution in [2.45, 2.75) is 182 Å². The molecule has 0 bridgehead atoms. The van der Waals surface area contributed by atoms with Crippen molar-refractivity contribution in [2.75, 3.05) is 26.4 Å². The molecule has 2 rings (SSSR count). The van der Waals surface area contributed by atoms with Gasteiger partial charge in [-0.25, -0.2) is 0 Å². The number of hydrogen-bond donors (Lipinski definition) is 0. The standard InChI is InChI=1S/C44H74O4/c1-5-9-13-17-21-28-34-45-41-38-40(39-32-26-25-27-33-39)42(46-35-29-22-18-14-10-6-2)44(48-37-31-24-20-16-12-8-4)43(41)47-36-30-23-19-15-11-7-3/h25-27,32-33,38H,5-24,28-31,34-37H2,1-4H3. The molecule has 48 heavy (non-hydrogen) atoms. The summed E-state index contributed by atoms with van der Waals surface area (Å²) < 4.78 is 26.7. The molecule has 0 N–H and O–H groups in total. The Morgan fingerprint density at radius 3 is 1.15 bits per heavy atom. The largest absolute Gasteiger partial charge is 0.490 e. The van der Waals surface area contributed by atoms with E-state index in [2.05, 4.69) is 64.1 Å². The number of ether oxygens (including phenoxy) is 4. The van der Waals surface area contributed by atoms with Crippen LogP contribution in [0.1, 0.15) is 182 Å². The Morgan fingerprint density at radius 1 is 0.354 bits per heavy atom.